The summed E-state index contributed by atoms with van der Waals surface area (Å²) in [6.07, 6.45) is 5.44. The molecule has 66 heavy (non-hydrogen) atoms. The minimum absolute atomic E-state index is 0.514. The van der Waals surface area contributed by atoms with Gasteiger partial charge in [-0.05, 0) is 127 Å². The van der Waals surface area contributed by atoms with Crippen LogP contribution in [-0.4, -0.2) is 0 Å². The Balaban J connectivity index is 0.00000238. The van der Waals surface area contributed by atoms with E-state index in [4.69, 9.17) is 0 Å². The van der Waals surface area contributed by atoms with E-state index in [0.29, 0.717) is 0 Å². The van der Waals surface area contributed by atoms with Crippen LogP contribution in [0.2, 0.25) is 0 Å². The highest BCUT2D eigenvalue weighted by Crippen LogP contribution is 2.60. The molecule has 0 amide bonds. The van der Waals surface area contributed by atoms with E-state index in [-0.39, 0.29) is 0 Å². The van der Waals surface area contributed by atoms with E-state index in [2.05, 4.69) is 243 Å². The molecule has 0 fully saturated rings. The minimum Gasteiger partial charge on any atom is -0.310 e. The van der Waals surface area contributed by atoms with E-state index in [0.717, 1.165) is 23.5 Å². The van der Waals surface area contributed by atoms with Crippen LogP contribution in [0.25, 0.3) is 70.0 Å². The van der Waals surface area contributed by atoms with Crippen molar-refractivity contribution in [2.45, 2.75) is 39.5 Å². The van der Waals surface area contributed by atoms with Crippen LogP contribution in [0.5, 0.6) is 0 Å². The summed E-state index contributed by atoms with van der Waals surface area (Å²) in [5.74, 6) is 0. The van der Waals surface area contributed by atoms with Gasteiger partial charge >= 0.3 is 0 Å². The summed E-state index contributed by atoms with van der Waals surface area (Å²) in [7, 11) is 0. The number of fused-ring (bicyclic) bond motifs is 10. The molecule has 0 saturated heterocycles. The van der Waals surface area contributed by atoms with Gasteiger partial charge in [-0.25, -0.2) is 0 Å². The molecule has 0 bridgehead atoms. The Kier molecular flexibility index (Phi) is 10.7. The van der Waals surface area contributed by atoms with Gasteiger partial charge in [0, 0.05) is 42.8 Å². The van der Waals surface area contributed by atoms with Crippen molar-refractivity contribution in [2.75, 3.05) is 4.90 Å². The topological polar surface area (TPSA) is 3.24 Å². The minimum atomic E-state index is -0.514. The first-order valence-corrected chi connectivity index (χ1v) is 24.3. The average molecular weight is 866 g/mol. The van der Waals surface area contributed by atoms with Gasteiger partial charge in [0.1, 0.15) is 0 Å². The van der Waals surface area contributed by atoms with Crippen LogP contribution in [0.3, 0.4) is 0 Å². The van der Waals surface area contributed by atoms with Crippen LogP contribution in [0.15, 0.2) is 218 Å². The highest BCUT2D eigenvalue weighted by atomic mass is 32.1. The van der Waals surface area contributed by atoms with Crippen molar-refractivity contribution in [2.24, 2.45) is 0 Å². The molecule has 0 radical (unpaired) electrons. The molecule has 1 aromatic heterocycles. The van der Waals surface area contributed by atoms with Crippen molar-refractivity contribution in [3.63, 3.8) is 0 Å². The SMILES string of the molecule is C/C=C\c1c(CC)c2ccccc2c2cc(N(c3ccc(-c4ccccc4)cc3)c3ccc4c(c3)-c3c(ccc5c3sc3ccccc35)C4(c3ccccc3)c3ccccc3)ccc12.CC. The fourth-order valence-corrected chi connectivity index (χ4v) is 12.2. The monoisotopic (exact) mass is 865 g/mol. The van der Waals surface area contributed by atoms with Gasteiger partial charge in [0.15, 0.2) is 0 Å². The molecule has 1 aliphatic rings. The maximum absolute atomic E-state index is 2.49. The van der Waals surface area contributed by atoms with Gasteiger partial charge < -0.3 is 4.90 Å². The summed E-state index contributed by atoms with van der Waals surface area (Å²) < 4.78 is 2.65. The third-order valence-electron chi connectivity index (χ3n) is 13.6. The Bertz CT molecular complexity index is 3540. The second-order valence-electron chi connectivity index (χ2n) is 16.9. The van der Waals surface area contributed by atoms with E-state index in [1.807, 2.05) is 25.2 Å². The number of rotatable bonds is 8. The summed E-state index contributed by atoms with van der Waals surface area (Å²) in [6.45, 7) is 8.40. The fourth-order valence-electron chi connectivity index (χ4n) is 10.9. The van der Waals surface area contributed by atoms with E-state index >= 15 is 0 Å². The lowest BCUT2D eigenvalue weighted by Crippen LogP contribution is -2.28. The van der Waals surface area contributed by atoms with Crippen molar-refractivity contribution in [3.05, 3.63) is 252 Å². The van der Waals surface area contributed by atoms with E-state index in [1.54, 1.807) is 0 Å². The van der Waals surface area contributed by atoms with Crippen molar-refractivity contribution >= 4 is 76.2 Å². The zero-order valence-electron chi connectivity index (χ0n) is 37.9. The van der Waals surface area contributed by atoms with Crippen LogP contribution >= 0.6 is 11.3 Å². The predicted octanol–water partition coefficient (Wildman–Crippen LogP) is 18.5. The molecular weight excluding hydrogens is 815 g/mol. The molecule has 11 aromatic rings. The molecule has 2 heteroatoms. The molecule has 0 spiro atoms. The lowest BCUT2D eigenvalue weighted by atomic mass is 9.67. The number of nitrogens with zero attached hydrogens (tertiary/aromatic N) is 1. The summed E-state index contributed by atoms with van der Waals surface area (Å²) >= 11 is 1.92. The molecule has 12 rings (SSSR count). The number of anilines is 3. The van der Waals surface area contributed by atoms with Gasteiger partial charge in [-0.15, -0.1) is 11.3 Å². The second-order valence-corrected chi connectivity index (χ2v) is 18.0. The smallest absolute Gasteiger partial charge is 0.0714 e. The second kappa shape index (κ2) is 17.1. The summed E-state index contributed by atoms with van der Waals surface area (Å²) in [6, 6.07) is 79.2. The van der Waals surface area contributed by atoms with E-state index in [9.17, 15) is 0 Å². The maximum Gasteiger partial charge on any atom is 0.0714 e. The maximum atomic E-state index is 2.49. The molecule has 1 heterocycles. The number of allylic oxidation sites excluding steroid dienone is 1. The van der Waals surface area contributed by atoms with Crippen LogP contribution in [0.1, 0.15) is 61.1 Å². The molecule has 0 saturated carbocycles. The van der Waals surface area contributed by atoms with Crippen LogP contribution in [0.4, 0.5) is 17.1 Å². The first kappa shape index (κ1) is 41.2. The van der Waals surface area contributed by atoms with Gasteiger partial charge in [-0.1, -0.05) is 203 Å². The standard InChI is InChI=1S/C62H45NS.C2H6/c1-3-18-49-48(4-2)50-25-14-15-26-51(50)55-39-46(33-35-52(49)55)63(45-31-29-42(30-32-45)41-19-8-5-9-20-41)47-34-37-57-56(40-47)60-58(38-36-54-53-27-16-17-28-59(53)64-61(54)60)62(57,43-21-10-6-11-22-43)44-23-12-7-13-24-44;1-2/h3,5-40H,4H2,1-2H3;1-2H3/b18-3-;. The number of hydrogen-bond donors (Lipinski definition) is 0. The lowest BCUT2D eigenvalue weighted by Gasteiger charge is -2.34. The zero-order chi connectivity index (χ0) is 44.8. The first-order valence-electron chi connectivity index (χ1n) is 23.4. The Morgan fingerprint density at radius 3 is 1.70 bits per heavy atom. The molecule has 0 atom stereocenters. The Hall–Kier alpha value is -7.52. The molecule has 10 aromatic carbocycles. The average Bonchev–Trinajstić information content (AvgIpc) is 3.92. The quantitative estimate of drug-likeness (QED) is 0.138. The van der Waals surface area contributed by atoms with Gasteiger partial charge in [0.05, 0.1) is 5.41 Å². The molecule has 318 valence electrons. The number of thiophene rings is 1. The third kappa shape index (κ3) is 6.43. The highest BCUT2D eigenvalue weighted by Gasteiger charge is 2.47. The first-order chi connectivity index (χ1) is 32.7. The zero-order valence-corrected chi connectivity index (χ0v) is 38.7. The fraction of sp³-hybridized carbons (Fsp3) is 0.0938. The lowest BCUT2D eigenvalue weighted by molar-refractivity contribution is 0.769. The normalized spacial score (nSPS) is 12.7. The Labute approximate surface area is 392 Å². The van der Waals surface area contributed by atoms with Crippen LogP contribution < -0.4 is 4.90 Å². The summed E-state index contributed by atoms with van der Waals surface area (Å²) in [4.78, 5) is 2.47. The van der Waals surface area contributed by atoms with E-state index < -0.39 is 5.41 Å². The molecule has 0 N–H and O–H groups in total. The molecule has 0 unspecified atom stereocenters. The summed E-state index contributed by atoms with van der Waals surface area (Å²) in [5, 5.41) is 7.77. The molecule has 1 aliphatic carbocycles. The number of aryl methyl sites for hydroxylation is 1. The van der Waals surface area contributed by atoms with Gasteiger partial charge in [-0.3, -0.25) is 0 Å². The highest BCUT2D eigenvalue weighted by molar-refractivity contribution is 7.26. The molecule has 0 aliphatic heterocycles. The van der Waals surface area contributed by atoms with Crippen molar-refractivity contribution in [1.82, 2.24) is 0 Å². The third-order valence-corrected chi connectivity index (χ3v) is 14.8. The Morgan fingerprint density at radius 1 is 0.470 bits per heavy atom. The number of benzene rings is 10. The van der Waals surface area contributed by atoms with Gasteiger partial charge in [0.2, 0.25) is 0 Å². The Morgan fingerprint density at radius 2 is 1.02 bits per heavy atom. The van der Waals surface area contributed by atoms with Gasteiger partial charge in [-0.2, -0.15) is 0 Å². The van der Waals surface area contributed by atoms with E-state index in [1.165, 1.54) is 97.4 Å². The van der Waals surface area contributed by atoms with Crippen LogP contribution in [0, 0.1) is 0 Å². The predicted molar refractivity (Wildman–Crippen MR) is 287 cm³/mol. The summed E-state index contributed by atoms with van der Waals surface area (Å²) in [5.41, 5.74) is 15.7. The largest absolute Gasteiger partial charge is 0.310 e. The van der Waals surface area contributed by atoms with Crippen molar-refractivity contribution in [3.8, 4) is 22.3 Å². The van der Waals surface area contributed by atoms with Crippen LogP contribution in [-0.2, 0) is 11.8 Å². The number of hydrogen-bond acceptors (Lipinski definition) is 2. The van der Waals surface area contributed by atoms with Crippen molar-refractivity contribution in [1.29, 1.82) is 0 Å². The van der Waals surface area contributed by atoms with Gasteiger partial charge in [0.25, 0.3) is 0 Å². The molecule has 1 nitrogen and oxygen atoms in total. The molecular formula is C64H51NS. The van der Waals surface area contributed by atoms with Crippen molar-refractivity contribution < 1.29 is 0 Å².